The highest BCUT2D eigenvalue weighted by Gasteiger charge is 2.31. The molecule has 4 aromatic rings. The molecule has 1 atom stereocenters. The van der Waals surface area contributed by atoms with E-state index in [9.17, 15) is 14.0 Å². The quantitative estimate of drug-likeness (QED) is 0.411. The SMILES string of the molecule is COc1ccc(C(=O)NCC2CNCCN2C(=O)c2nc(C)sc2-c2ccc(F)cc2)c2ccoc12. The maximum absolute atomic E-state index is 13.6. The lowest BCUT2D eigenvalue weighted by molar-refractivity contribution is 0.0620. The fourth-order valence-corrected chi connectivity index (χ4v) is 5.33. The molecule has 2 N–H and O–H groups in total. The number of ether oxygens (including phenoxy) is 1. The van der Waals surface area contributed by atoms with Crippen LogP contribution in [0.15, 0.2) is 53.1 Å². The third-order valence-corrected chi connectivity index (χ3v) is 7.22. The van der Waals surface area contributed by atoms with Gasteiger partial charge < -0.3 is 24.7 Å². The number of aromatic nitrogens is 1. The summed E-state index contributed by atoms with van der Waals surface area (Å²) in [5, 5.41) is 7.67. The highest BCUT2D eigenvalue weighted by atomic mass is 32.1. The number of nitrogens with zero attached hydrogens (tertiary/aromatic N) is 2. The van der Waals surface area contributed by atoms with Crippen molar-refractivity contribution in [1.82, 2.24) is 20.5 Å². The van der Waals surface area contributed by atoms with Gasteiger partial charge in [0, 0.05) is 31.6 Å². The number of piperazine rings is 1. The standard InChI is InChI=1S/C26H25FN4O4S/c1-15-30-22(24(36-15)16-3-5-17(27)6-4-16)26(33)31-11-10-28-13-18(31)14-29-25(32)20-7-8-21(34-2)23-19(20)9-12-35-23/h3-9,12,18,28H,10-11,13-14H2,1-2H3,(H,29,32). The smallest absolute Gasteiger partial charge is 0.274 e. The van der Waals surface area contributed by atoms with Gasteiger partial charge in [-0.3, -0.25) is 9.59 Å². The van der Waals surface area contributed by atoms with E-state index in [1.165, 1.54) is 29.7 Å². The molecule has 2 amide bonds. The van der Waals surface area contributed by atoms with Gasteiger partial charge in [-0.25, -0.2) is 9.37 Å². The molecule has 0 spiro atoms. The first-order valence-electron chi connectivity index (χ1n) is 11.5. The molecule has 5 rings (SSSR count). The second-order valence-corrected chi connectivity index (χ2v) is 9.67. The van der Waals surface area contributed by atoms with Crippen LogP contribution in [0.5, 0.6) is 5.75 Å². The number of carbonyl (C=O) groups excluding carboxylic acids is 2. The fourth-order valence-electron chi connectivity index (χ4n) is 4.42. The van der Waals surface area contributed by atoms with Gasteiger partial charge in [-0.1, -0.05) is 12.1 Å². The number of aryl methyl sites for hydroxylation is 1. The first kappa shape index (κ1) is 24.0. The molecule has 2 aromatic carbocycles. The van der Waals surface area contributed by atoms with Crippen molar-refractivity contribution in [2.24, 2.45) is 0 Å². The van der Waals surface area contributed by atoms with Gasteiger partial charge in [-0.05, 0) is 42.8 Å². The number of carbonyl (C=O) groups is 2. The summed E-state index contributed by atoms with van der Waals surface area (Å²) >= 11 is 1.40. The van der Waals surface area contributed by atoms with Gasteiger partial charge in [0.05, 0.1) is 34.9 Å². The van der Waals surface area contributed by atoms with E-state index in [1.54, 1.807) is 42.3 Å². The molecule has 0 saturated carbocycles. The van der Waals surface area contributed by atoms with Crippen molar-refractivity contribution < 1.29 is 23.1 Å². The van der Waals surface area contributed by atoms with E-state index >= 15 is 0 Å². The number of benzene rings is 2. The van der Waals surface area contributed by atoms with Crippen LogP contribution in [0.4, 0.5) is 4.39 Å². The average molecular weight is 509 g/mol. The summed E-state index contributed by atoms with van der Waals surface area (Å²) in [5.41, 5.74) is 2.06. The number of hydrogen-bond donors (Lipinski definition) is 2. The zero-order chi connectivity index (χ0) is 25.2. The molecule has 186 valence electrons. The number of hydrogen-bond acceptors (Lipinski definition) is 7. The van der Waals surface area contributed by atoms with Crippen molar-refractivity contribution >= 4 is 34.1 Å². The van der Waals surface area contributed by atoms with Crippen LogP contribution in [0.3, 0.4) is 0 Å². The van der Waals surface area contributed by atoms with Crippen molar-refractivity contribution in [2.45, 2.75) is 13.0 Å². The summed E-state index contributed by atoms with van der Waals surface area (Å²) in [4.78, 5) is 33.7. The minimum Gasteiger partial charge on any atom is -0.493 e. The maximum Gasteiger partial charge on any atom is 0.274 e. The van der Waals surface area contributed by atoms with Crippen LogP contribution in [-0.2, 0) is 0 Å². The molecule has 0 aliphatic carbocycles. The molecule has 1 unspecified atom stereocenters. The van der Waals surface area contributed by atoms with E-state index in [4.69, 9.17) is 9.15 Å². The van der Waals surface area contributed by atoms with Crippen molar-refractivity contribution in [3.63, 3.8) is 0 Å². The Bertz CT molecular complexity index is 1420. The molecule has 36 heavy (non-hydrogen) atoms. The zero-order valence-corrected chi connectivity index (χ0v) is 20.7. The summed E-state index contributed by atoms with van der Waals surface area (Å²) in [6.07, 6.45) is 1.52. The Morgan fingerprint density at radius 3 is 2.83 bits per heavy atom. The highest BCUT2D eigenvalue weighted by Crippen LogP contribution is 2.32. The van der Waals surface area contributed by atoms with Crippen LogP contribution in [0, 0.1) is 12.7 Å². The Morgan fingerprint density at radius 2 is 2.06 bits per heavy atom. The van der Waals surface area contributed by atoms with Gasteiger partial charge in [-0.15, -0.1) is 11.3 Å². The maximum atomic E-state index is 13.6. The first-order valence-corrected chi connectivity index (χ1v) is 12.4. The van der Waals surface area contributed by atoms with E-state index in [0.717, 1.165) is 10.6 Å². The van der Waals surface area contributed by atoms with E-state index in [0.29, 0.717) is 52.5 Å². The molecule has 0 bridgehead atoms. The Hall–Kier alpha value is -3.76. The van der Waals surface area contributed by atoms with E-state index in [1.807, 2.05) is 6.92 Å². The zero-order valence-electron chi connectivity index (χ0n) is 19.8. The Labute approximate surface area is 211 Å². The lowest BCUT2D eigenvalue weighted by atomic mass is 10.1. The molecule has 1 aliphatic heterocycles. The number of thiazole rings is 1. The average Bonchev–Trinajstić information content (AvgIpc) is 3.54. The van der Waals surface area contributed by atoms with Gasteiger partial charge in [0.25, 0.3) is 11.8 Å². The van der Waals surface area contributed by atoms with Crippen LogP contribution >= 0.6 is 11.3 Å². The van der Waals surface area contributed by atoms with Gasteiger partial charge >= 0.3 is 0 Å². The summed E-state index contributed by atoms with van der Waals surface area (Å²) < 4.78 is 24.2. The molecule has 2 aromatic heterocycles. The fraction of sp³-hybridized carbons (Fsp3) is 0.269. The number of nitrogens with one attached hydrogen (secondary N) is 2. The minimum atomic E-state index is -0.338. The number of rotatable bonds is 6. The monoisotopic (exact) mass is 508 g/mol. The summed E-state index contributed by atoms with van der Waals surface area (Å²) in [7, 11) is 1.55. The van der Waals surface area contributed by atoms with Crippen LogP contribution in [0.2, 0.25) is 0 Å². The predicted molar refractivity (Wildman–Crippen MR) is 135 cm³/mol. The number of methoxy groups -OCH3 is 1. The minimum absolute atomic E-state index is 0.207. The van der Waals surface area contributed by atoms with Crippen molar-refractivity contribution in [1.29, 1.82) is 0 Å². The molecule has 0 radical (unpaired) electrons. The molecular weight excluding hydrogens is 483 g/mol. The second-order valence-electron chi connectivity index (χ2n) is 8.46. The highest BCUT2D eigenvalue weighted by molar-refractivity contribution is 7.15. The third kappa shape index (κ3) is 4.57. The third-order valence-electron chi connectivity index (χ3n) is 6.20. The van der Waals surface area contributed by atoms with Crippen molar-refractivity contribution in [2.75, 3.05) is 33.3 Å². The Kier molecular flexibility index (Phi) is 6.71. The van der Waals surface area contributed by atoms with Crippen LogP contribution in [0.1, 0.15) is 25.9 Å². The van der Waals surface area contributed by atoms with E-state index in [-0.39, 0.29) is 30.2 Å². The molecule has 1 aliphatic rings. The first-order chi connectivity index (χ1) is 17.5. The molecule has 8 nitrogen and oxygen atoms in total. The van der Waals surface area contributed by atoms with Crippen LogP contribution in [0.25, 0.3) is 21.4 Å². The lowest BCUT2D eigenvalue weighted by Crippen LogP contribution is -2.57. The molecular formula is C26H25FN4O4S. The number of furan rings is 1. The normalized spacial score (nSPS) is 15.8. The van der Waals surface area contributed by atoms with Crippen LogP contribution in [-0.4, -0.2) is 61.0 Å². The van der Waals surface area contributed by atoms with Gasteiger partial charge in [0.1, 0.15) is 11.5 Å². The van der Waals surface area contributed by atoms with Crippen molar-refractivity contribution in [3.8, 4) is 16.2 Å². The number of halogens is 1. The van der Waals surface area contributed by atoms with Gasteiger partial charge in [0.2, 0.25) is 0 Å². The summed E-state index contributed by atoms with van der Waals surface area (Å²) in [6, 6.07) is 10.9. The predicted octanol–water partition coefficient (Wildman–Crippen LogP) is 3.86. The molecule has 10 heteroatoms. The van der Waals surface area contributed by atoms with Crippen molar-refractivity contribution in [3.05, 3.63) is 70.8 Å². The molecule has 3 heterocycles. The molecule has 1 saturated heterocycles. The number of amides is 2. The summed E-state index contributed by atoms with van der Waals surface area (Å²) in [6.45, 7) is 3.75. The molecule has 1 fully saturated rings. The van der Waals surface area contributed by atoms with Crippen LogP contribution < -0.4 is 15.4 Å². The van der Waals surface area contributed by atoms with E-state index < -0.39 is 0 Å². The number of fused-ring (bicyclic) bond motifs is 1. The largest absolute Gasteiger partial charge is 0.493 e. The van der Waals surface area contributed by atoms with Gasteiger partial charge in [0.15, 0.2) is 11.3 Å². The lowest BCUT2D eigenvalue weighted by Gasteiger charge is -2.36. The van der Waals surface area contributed by atoms with E-state index in [2.05, 4.69) is 15.6 Å². The second kappa shape index (κ2) is 10.1. The summed E-state index contributed by atoms with van der Waals surface area (Å²) in [5.74, 6) is -0.259. The Morgan fingerprint density at radius 1 is 1.25 bits per heavy atom. The Balaban J connectivity index is 1.35. The van der Waals surface area contributed by atoms with Gasteiger partial charge in [-0.2, -0.15) is 0 Å². The topological polar surface area (TPSA) is 96.7 Å².